The fourth-order valence-electron chi connectivity index (χ4n) is 1.83. The van der Waals surface area contributed by atoms with Gasteiger partial charge in [0.05, 0.1) is 24.1 Å². The number of allylic oxidation sites excluding steroid dienone is 1. The van der Waals surface area contributed by atoms with Crippen molar-refractivity contribution in [3.8, 4) is 0 Å². The fourth-order valence-corrected chi connectivity index (χ4v) is 1.83. The van der Waals surface area contributed by atoms with E-state index in [9.17, 15) is 13.6 Å². The quantitative estimate of drug-likeness (QED) is 0.879. The lowest BCUT2D eigenvalue weighted by Gasteiger charge is -2.20. The van der Waals surface area contributed by atoms with Crippen LogP contribution in [0.5, 0.6) is 0 Å². The van der Waals surface area contributed by atoms with Crippen LogP contribution in [0.4, 0.5) is 14.5 Å². The number of carbonyl (C=O) groups is 1. The minimum atomic E-state index is -0.965. The molecule has 0 saturated heterocycles. The van der Waals surface area contributed by atoms with E-state index in [-0.39, 0.29) is 17.4 Å². The Kier molecular flexibility index (Phi) is 3.99. The molecule has 2 rings (SSSR count). The summed E-state index contributed by atoms with van der Waals surface area (Å²) in [4.78, 5) is 11.0. The van der Waals surface area contributed by atoms with Gasteiger partial charge in [0.15, 0.2) is 0 Å². The highest BCUT2D eigenvalue weighted by Crippen LogP contribution is 2.20. The molecule has 1 aliphatic heterocycles. The maximum absolute atomic E-state index is 13.5. The Morgan fingerprint density at radius 3 is 2.84 bits per heavy atom. The summed E-state index contributed by atoms with van der Waals surface area (Å²) in [5.41, 5.74) is 4.71. The molecule has 1 aromatic rings. The molecule has 19 heavy (non-hydrogen) atoms. The number of hydrogen-bond acceptors (Lipinski definition) is 3. The van der Waals surface area contributed by atoms with Crippen LogP contribution < -0.4 is 11.1 Å². The first kappa shape index (κ1) is 13.3. The van der Waals surface area contributed by atoms with Crippen LogP contribution in [0.3, 0.4) is 0 Å². The minimum absolute atomic E-state index is 0.0355. The summed E-state index contributed by atoms with van der Waals surface area (Å²) in [6.07, 6.45) is 5.14. The second-order valence-corrected chi connectivity index (χ2v) is 4.26. The van der Waals surface area contributed by atoms with E-state index in [4.69, 9.17) is 10.5 Å². The van der Waals surface area contributed by atoms with E-state index in [0.717, 1.165) is 18.9 Å². The standard InChI is InChI=1S/C13H14F2N2O2/c14-10-6-11(15)12(5-9(10)13(16)18)17-7-8-3-1-2-4-19-8/h2,4-6,8,17H,1,3,7H2,(H2,16,18). The van der Waals surface area contributed by atoms with Gasteiger partial charge in [-0.3, -0.25) is 4.79 Å². The van der Waals surface area contributed by atoms with Crippen molar-refractivity contribution in [3.63, 3.8) is 0 Å². The third-order valence-electron chi connectivity index (χ3n) is 2.86. The number of rotatable bonds is 4. The van der Waals surface area contributed by atoms with Gasteiger partial charge in [-0.15, -0.1) is 0 Å². The van der Waals surface area contributed by atoms with Crippen molar-refractivity contribution in [2.75, 3.05) is 11.9 Å². The highest BCUT2D eigenvalue weighted by Gasteiger charge is 2.16. The van der Waals surface area contributed by atoms with Crippen LogP contribution >= 0.6 is 0 Å². The molecule has 0 fully saturated rings. The van der Waals surface area contributed by atoms with Crippen molar-refractivity contribution < 1.29 is 18.3 Å². The number of benzene rings is 1. The largest absolute Gasteiger partial charge is 0.497 e. The van der Waals surface area contributed by atoms with E-state index in [0.29, 0.717) is 12.6 Å². The molecule has 0 saturated carbocycles. The Balaban J connectivity index is 2.09. The van der Waals surface area contributed by atoms with Crippen molar-refractivity contribution >= 4 is 11.6 Å². The zero-order valence-electron chi connectivity index (χ0n) is 10.2. The first-order valence-electron chi connectivity index (χ1n) is 5.91. The predicted octanol–water partition coefficient (Wildman–Crippen LogP) is 2.17. The van der Waals surface area contributed by atoms with E-state index in [1.807, 2.05) is 6.08 Å². The maximum Gasteiger partial charge on any atom is 0.251 e. The van der Waals surface area contributed by atoms with Gasteiger partial charge in [-0.2, -0.15) is 0 Å². The van der Waals surface area contributed by atoms with Gasteiger partial charge in [-0.1, -0.05) is 0 Å². The number of halogens is 2. The van der Waals surface area contributed by atoms with Gasteiger partial charge in [0, 0.05) is 6.07 Å². The van der Waals surface area contributed by atoms with Crippen LogP contribution in [-0.4, -0.2) is 18.6 Å². The topological polar surface area (TPSA) is 64.4 Å². The monoisotopic (exact) mass is 268 g/mol. The van der Waals surface area contributed by atoms with Crippen LogP contribution in [0.2, 0.25) is 0 Å². The minimum Gasteiger partial charge on any atom is -0.497 e. The third-order valence-corrected chi connectivity index (χ3v) is 2.86. The maximum atomic E-state index is 13.5. The SMILES string of the molecule is NC(=O)c1cc(NCC2CCC=CO2)c(F)cc1F. The summed E-state index contributed by atoms with van der Waals surface area (Å²) in [6.45, 7) is 0.366. The van der Waals surface area contributed by atoms with Crippen molar-refractivity contribution in [2.24, 2.45) is 5.73 Å². The van der Waals surface area contributed by atoms with E-state index in [1.54, 1.807) is 6.26 Å². The Morgan fingerprint density at radius 1 is 1.42 bits per heavy atom. The molecule has 0 aromatic heterocycles. The molecule has 4 nitrogen and oxygen atoms in total. The van der Waals surface area contributed by atoms with Crippen LogP contribution in [0.25, 0.3) is 0 Å². The number of ether oxygens (including phenoxy) is 1. The normalized spacial score (nSPS) is 17.9. The zero-order chi connectivity index (χ0) is 13.8. The van der Waals surface area contributed by atoms with Crippen LogP contribution in [0, 0.1) is 11.6 Å². The summed E-state index contributed by atoms with van der Waals surface area (Å²) in [6, 6.07) is 1.72. The van der Waals surface area contributed by atoms with Gasteiger partial charge in [-0.25, -0.2) is 8.78 Å². The number of carbonyl (C=O) groups excluding carboxylic acids is 1. The molecule has 0 bridgehead atoms. The van der Waals surface area contributed by atoms with E-state index in [1.165, 1.54) is 0 Å². The Morgan fingerprint density at radius 2 is 2.21 bits per heavy atom. The van der Waals surface area contributed by atoms with Crippen LogP contribution in [0.1, 0.15) is 23.2 Å². The van der Waals surface area contributed by atoms with E-state index in [2.05, 4.69) is 5.32 Å². The second-order valence-electron chi connectivity index (χ2n) is 4.26. The number of nitrogens with one attached hydrogen (secondary N) is 1. The summed E-state index contributed by atoms with van der Waals surface area (Å²) >= 11 is 0. The van der Waals surface area contributed by atoms with Gasteiger partial charge in [0.2, 0.25) is 0 Å². The van der Waals surface area contributed by atoms with Crippen molar-refractivity contribution in [1.29, 1.82) is 0 Å². The molecule has 0 radical (unpaired) electrons. The van der Waals surface area contributed by atoms with Gasteiger partial charge < -0.3 is 15.8 Å². The number of anilines is 1. The van der Waals surface area contributed by atoms with E-state index < -0.39 is 17.5 Å². The Hall–Kier alpha value is -2.11. The first-order valence-corrected chi connectivity index (χ1v) is 5.91. The highest BCUT2D eigenvalue weighted by molar-refractivity contribution is 5.94. The molecule has 1 aliphatic rings. The van der Waals surface area contributed by atoms with Crippen LogP contribution in [0.15, 0.2) is 24.5 Å². The van der Waals surface area contributed by atoms with Gasteiger partial charge >= 0.3 is 0 Å². The molecule has 1 atom stereocenters. The molecule has 3 N–H and O–H groups in total. The highest BCUT2D eigenvalue weighted by atomic mass is 19.1. The molecule has 1 heterocycles. The fraction of sp³-hybridized carbons (Fsp3) is 0.308. The molecule has 1 amide bonds. The molecule has 0 spiro atoms. The summed E-state index contributed by atoms with van der Waals surface area (Å²) < 4.78 is 32.1. The molecular formula is C13H14F2N2O2. The van der Waals surface area contributed by atoms with E-state index >= 15 is 0 Å². The molecule has 1 unspecified atom stereocenters. The smallest absolute Gasteiger partial charge is 0.251 e. The lowest BCUT2D eigenvalue weighted by Crippen LogP contribution is -2.24. The summed E-state index contributed by atoms with van der Waals surface area (Å²) in [5, 5.41) is 2.80. The van der Waals surface area contributed by atoms with Gasteiger partial charge in [-0.05, 0) is 25.0 Å². The average Bonchev–Trinajstić information content (AvgIpc) is 2.38. The summed E-state index contributed by atoms with van der Waals surface area (Å²) in [7, 11) is 0. The van der Waals surface area contributed by atoms with Crippen molar-refractivity contribution in [1.82, 2.24) is 0 Å². The summed E-state index contributed by atoms with van der Waals surface area (Å²) in [5.74, 6) is -2.67. The molecule has 102 valence electrons. The first-order chi connectivity index (χ1) is 9.08. The van der Waals surface area contributed by atoms with Gasteiger partial charge in [0.1, 0.15) is 17.7 Å². The van der Waals surface area contributed by atoms with Crippen molar-refractivity contribution in [2.45, 2.75) is 18.9 Å². The lowest BCUT2D eigenvalue weighted by molar-refractivity contribution is 0.0996. The predicted molar refractivity (Wildman–Crippen MR) is 66.6 cm³/mol. The molecule has 0 aliphatic carbocycles. The number of amides is 1. The number of nitrogens with two attached hydrogens (primary N) is 1. The third kappa shape index (κ3) is 3.21. The second kappa shape index (κ2) is 5.69. The van der Waals surface area contributed by atoms with Crippen molar-refractivity contribution in [3.05, 3.63) is 41.7 Å². The Labute approximate surface area is 109 Å². The number of primary amides is 1. The molecule has 1 aromatic carbocycles. The zero-order valence-corrected chi connectivity index (χ0v) is 10.2. The van der Waals surface area contributed by atoms with Gasteiger partial charge in [0.25, 0.3) is 5.91 Å². The van der Waals surface area contributed by atoms with Crippen LogP contribution in [-0.2, 0) is 4.74 Å². The lowest BCUT2D eigenvalue weighted by atomic mass is 10.1. The average molecular weight is 268 g/mol. The molecular weight excluding hydrogens is 254 g/mol. The Bertz CT molecular complexity index is 518. The molecule has 6 heteroatoms. The number of hydrogen-bond donors (Lipinski definition) is 2.